The Hall–Kier alpha value is -2.09. The number of aliphatic imine (C=N–C) groups is 1. The number of hydrogen-bond acceptors (Lipinski definition) is 2. The molecule has 0 aromatic heterocycles. The molecule has 0 bridgehead atoms. The predicted octanol–water partition coefficient (Wildman–Crippen LogP) is 5.48. The van der Waals surface area contributed by atoms with Gasteiger partial charge in [0.2, 0.25) is 5.91 Å². The highest BCUT2D eigenvalue weighted by Gasteiger charge is 2.22. The van der Waals surface area contributed by atoms with Crippen molar-refractivity contribution in [2.75, 3.05) is 10.6 Å². The molecule has 2 aromatic rings. The monoisotopic (exact) mass is 506 g/mol. The average Bonchev–Trinajstić information content (AvgIpc) is 3.22. The zero-order chi connectivity index (χ0) is 19.9. The first-order chi connectivity index (χ1) is 13.5. The smallest absolute Gasteiger partial charge is 0.227 e. The minimum absolute atomic E-state index is 0. The molecular weight excluding hydrogens is 475 g/mol. The third kappa shape index (κ3) is 7.03. The van der Waals surface area contributed by atoms with Crippen molar-refractivity contribution in [2.24, 2.45) is 16.6 Å². The molecule has 1 fully saturated rings. The summed E-state index contributed by atoms with van der Waals surface area (Å²) in [5.74, 6) is 1.12. The summed E-state index contributed by atoms with van der Waals surface area (Å²) in [5.41, 5.74) is 10.1. The van der Waals surface area contributed by atoms with Gasteiger partial charge in [-0.2, -0.15) is 0 Å². The van der Waals surface area contributed by atoms with Crippen LogP contribution in [0, 0.1) is 5.92 Å². The van der Waals surface area contributed by atoms with Crippen LogP contribution in [-0.4, -0.2) is 11.9 Å². The second kappa shape index (κ2) is 11.2. The second-order valence-electron chi connectivity index (χ2n) is 7.78. The highest BCUT2D eigenvalue weighted by atomic mass is 127. The van der Waals surface area contributed by atoms with Gasteiger partial charge in [0.1, 0.15) is 0 Å². The van der Waals surface area contributed by atoms with Crippen LogP contribution in [0.3, 0.4) is 0 Å². The fraction of sp³-hybridized carbons (Fsp3) is 0.391. The third-order valence-corrected chi connectivity index (χ3v) is 5.18. The van der Waals surface area contributed by atoms with Crippen LogP contribution < -0.4 is 16.4 Å². The molecule has 0 atom stereocenters. The van der Waals surface area contributed by atoms with Crippen LogP contribution in [0.15, 0.2) is 53.5 Å². The number of amides is 1. The lowest BCUT2D eigenvalue weighted by atomic mass is 10.0. The normalized spacial score (nSPS) is 14.5. The number of guanidine groups is 1. The summed E-state index contributed by atoms with van der Waals surface area (Å²) in [4.78, 5) is 16.7. The van der Waals surface area contributed by atoms with Crippen molar-refractivity contribution in [1.29, 1.82) is 0 Å². The Balaban J connectivity index is 0.00000300. The number of nitrogens with one attached hydrogen (secondary N) is 2. The lowest BCUT2D eigenvalue weighted by molar-refractivity contribution is -0.119. The Kier molecular flexibility index (Phi) is 8.95. The van der Waals surface area contributed by atoms with Gasteiger partial charge in [-0.25, -0.2) is 4.99 Å². The van der Waals surface area contributed by atoms with E-state index in [9.17, 15) is 4.79 Å². The minimum atomic E-state index is 0. The number of carbonyl (C=O) groups is 1. The molecule has 0 radical (unpaired) electrons. The Morgan fingerprint density at radius 3 is 2.41 bits per heavy atom. The Morgan fingerprint density at radius 2 is 1.72 bits per heavy atom. The van der Waals surface area contributed by atoms with Crippen molar-refractivity contribution in [3.63, 3.8) is 0 Å². The molecule has 5 nitrogen and oxygen atoms in total. The molecule has 0 heterocycles. The van der Waals surface area contributed by atoms with E-state index >= 15 is 0 Å². The number of anilines is 2. The van der Waals surface area contributed by atoms with Gasteiger partial charge in [-0.3, -0.25) is 4.79 Å². The number of nitrogens with zero attached hydrogens (tertiary/aromatic N) is 1. The van der Waals surface area contributed by atoms with Gasteiger partial charge in [0.15, 0.2) is 5.96 Å². The standard InChI is InChI=1S/C23H30N4O.HI/c1-16(2)19-10-6-12-21(14-19)27-23(24)25-15-17-7-5-11-20(13-17)26-22(28)18-8-3-4-9-18;/h5-7,10-14,16,18H,3-4,8-9,15H2,1-2H3,(H,26,28)(H3,24,25,27);1H. The third-order valence-electron chi connectivity index (χ3n) is 5.18. The van der Waals surface area contributed by atoms with E-state index in [-0.39, 0.29) is 35.8 Å². The van der Waals surface area contributed by atoms with Crippen molar-refractivity contribution in [2.45, 2.75) is 52.0 Å². The van der Waals surface area contributed by atoms with E-state index in [4.69, 9.17) is 5.73 Å². The molecule has 0 saturated heterocycles. The summed E-state index contributed by atoms with van der Waals surface area (Å²) < 4.78 is 0. The summed E-state index contributed by atoms with van der Waals surface area (Å²) in [5, 5.41) is 6.18. The fourth-order valence-electron chi connectivity index (χ4n) is 3.52. The van der Waals surface area contributed by atoms with E-state index in [0.29, 0.717) is 18.4 Å². The molecule has 6 heteroatoms. The molecule has 2 aromatic carbocycles. The number of hydrogen-bond donors (Lipinski definition) is 3. The van der Waals surface area contributed by atoms with Gasteiger partial charge >= 0.3 is 0 Å². The molecule has 3 rings (SSSR count). The molecule has 1 saturated carbocycles. The summed E-state index contributed by atoms with van der Waals surface area (Å²) >= 11 is 0. The number of rotatable bonds is 6. The molecule has 1 aliphatic rings. The topological polar surface area (TPSA) is 79.5 Å². The zero-order valence-corrected chi connectivity index (χ0v) is 19.5. The van der Waals surface area contributed by atoms with Gasteiger partial charge in [0.25, 0.3) is 0 Å². The van der Waals surface area contributed by atoms with E-state index in [1.54, 1.807) is 0 Å². The number of benzene rings is 2. The molecule has 1 aliphatic carbocycles. The largest absolute Gasteiger partial charge is 0.370 e. The van der Waals surface area contributed by atoms with Crippen LogP contribution >= 0.6 is 24.0 Å². The van der Waals surface area contributed by atoms with Crippen LogP contribution in [0.4, 0.5) is 11.4 Å². The predicted molar refractivity (Wildman–Crippen MR) is 132 cm³/mol. The van der Waals surface area contributed by atoms with Crippen molar-refractivity contribution < 1.29 is 4.79 Å². The van der Waals surface area contributed by atoms with E-state index in [1.165, 1.54) is 5.56 Å². The molecule has 0 spiro atoms. The van der Waals surface area contributed by atoms with Crippen LogP contribution in [0.25, 0.3) is 0 Å². The molecule has 1 amide bonds. The molecular formula is C23H31IN4O. The number of carbonyl (C=O) groups excluding carboxylic acids is 1. The quantitative estimate of drug-likeness (QED) is 0.276. The van der Waals surface area contributed by atoms with Crippen LogP contribution in [0.5, 0.6) is 0 Å². The van der Waals surface area contributed by atoms with E-state index in [1.807, 2.05) is 36.4 Å². The number of nitrogens with two attached hydrogens (primary N) is 1. The number of halogens is 1. The van der Waals surface area contributed by atoms with Crippen molar-refractivity contribution in [3.8, 4) is 0 Å². The van der Waals surface area contributed by atoms with Crippen molar-refractivity contribution in [3.05, 3.63) is 59.7 Å². The highest BCUT2D eigenvalue weighted by Crippen LogP contribution is 2.26. The summed E-state index contributed by atoms with van der Waals surface area (Å²) in [6, 6.07) is 16.0. The maximum Gasteiger partial charge on any atom is 0.227 e. The Bertz CT molecular complexity index is 844. The van der Waals surface area contributed by atoms with Gasteiger partial charge in [-0.1, -0.05) is 51.0 Å². The molecule has 156 valence electrons. The lowest BCUT2D eigenvalue weighted by Crippen LogP contribution is -2.22. The maximum atomic E-state index is 12.3. The first-order valence-electron chi connectivity index (χ1n) is 10.1. The zero-order valence-electron chi connectivity index (χ0n) is 17.2. The van der Waals surface area contributed by atoms with Crippen LogP contribution in [0.1, 0.15) is 56.6 Å². The highest BCUT2D eigenvalue weighted by molar-refractivity contribution is 14.0. The molecule has 0 aliphatic heterocycles. The maximum absolute atomic E-state index is 12.3. The van der Waals surface area contributed by atoms with Gasteiger partial charge in [-0.15, -0.1) is 24.0 Å². The summed E-state index contributed by atoms with van der Waals surface area (Å²) in [7, 11) is 0. The molecule has 4 N–H and O–H groups in total. The lowest BCUT2D eigenvalue weighted by Gasteiger charge is -2.11. The van der Waals surface area contributed by atoms with E-state index in [2.05, 4.69) is 41.6 Å². The van der Waals surface area contributed by atoms with Crippen molar-refractivity contribution in [1.82, 2.24) is 0 Å². The SMILES string of the molecule is CC(C)c1cccc(NC(N)=NCc2cccc(NC(=O)C3CCCC3)c2)c1.I. The van der Waals surface area contributed by atoms with Crippen molar-refractivity contribution >= 4 is 47.2 Å². The van der Waals surface area contributed by atoms with Crippen LogP contribution in [0.2, 0.25) is 0 Å². The summed E-state index contributed by atoms with van der Waals surface area (Å²) in [6.07, 6.45) is 4.30. The Labute approximate surface area is 190 Å². The first-order valence-corrected chi connectivity index (χ1v) is 10.1. The van der Waals surface area contributed by atoms with E-state index < -0.39 is 0 Å². The molecule has 29 heavy (non-hydrogen) atoms. The van der Waals surface area contributed by atoms with Crippen LogP contribution in [-0.2, 0) is 11.3 Å². The second-order valence-corrected chi connectivity index (χ2v) is 7.78. The minimum Gasteiger partial charge on any atom is -0.370 e. The van der Waals surface area contributed by atoms with Gasteiger partial charge in [-0.05, 0) is 54.2 Å². The van der Waals surface area contributed by atoms with Gasteiger partial charge < -0.3 is 16.4 Å². The van der Waals surface area contributed by atoms with Gasteiger partial charge in [0.05, 0.1) is 6.54 Å². The fourth-order valence-corrected chi connectivity index (χ4v) is 3.52. The summed E-state index contributed by atoms with van der Waals surface area (Å²) in [6.45, 7) is 4.78. The average molecular weight is 506 g/mol. The molecule has 0 unspecified atom stereocenters. The first kappa shape index (κ1) is 23.2. The Morgan fingerprint density at radius 1 is 1.07 bits per heavy atom. The van der Waals surface area contributed by atoms with E-state index in [0.717, 1.165) is 42.6 Å². The van der Waals surface area contributed by atoms with Gasteiger partial charge in [0, 0.05) is 17.3 Å².